The Hall–Kier alpha value is -2.51. The number of aromatic hydroxyl groups is 1. The molecule has 0 saturated heterocycles. The van der Waals surface area contributed by atoms with Gasteiger partial charge < -0.3 is 9.52 Å². The van der Waals surface area contributed by atoms with Gasteiger partial charge in [0.15, 0.2) is 0 Å². The average molecular weight is 332 g/mol. The lowest BCUT2D eigenvalue weighted by atomic mass is 10.2. The van der Waals surface area contributed by atoms with Crippen LogP contribution in [0.2, 0.25) is 5.02 Å². The molecule has 3 heterocycles. The Labute approximate surface area is 131 Å². The summed E-state index contributed by atoms with van der Waals surface area (Å²) in [6.45, 7) is 0. The molecule has 0 aliphatic carbocycles. The van der Waals surface area contributed by atoms with Crippen molar-refractivity contribution in [3.63, 3.8) is 0 Å². The Morgan fingerprint density at radius 2 is 2.00 bits per heavy atom. The standard InChI is InChI=1S/C14H6ClN3O3S/c15-7-5-6(1-2-8(7)19)12-18-9-10-13(17-4-3-16-10)22-11(9)14(20)21-12/h1-5,19H. The highest BCUT2D eigenvalue weighted by Crippen LogP contribution is 2.31. The largest absolute Gasteiger partial charge is 0.506 e. The van der Waals surface area contributed by atoms with Gasteiger partial charge in [-0.3, -0.25) is 0 Å². The lowest BCUT2D eigenvalue weighted by Crippen LogP contribution is -2.00. The second-order valence-electron chi connectivity index (χ2n) is 4.46. The molecule has 4 aromatic rings. The van der Waals surface area contributed by atoms with Crippen LogP contribution in [0.5, 0.6) is 5.75 Å². The molecule has 0 amide bonds. The Morgan fingerprint density at radius 1 is 1.18 bits per heavy atom. The summed E-state index contributed by atoms with van der Waals surface area (Å²) in [5, 5.41) is 9.61. The third-order valence-corrected chi connectivity index (χ3v) is 4.44. The van der Waals surface area contributed by atoms with Crippen molar-refractivity contribution in [2.45, 2.75) is 0 Å². The van der Waals surface area contributed by atoms with E-state index in [1.165, 1.54) is 23.5 Å². The predicted molar refractivity (Wildman–Crippen MR) is 83.4 cm³/mol. The number of halogens is 1. The number of aromatic nitrogens is 3. The van der Waals surface area contributed by atoms with Crippen LogP contribution >= 0.6 is 22.9 Å². The van der Waals surface area contributed by atoms with Gasteiger partial charge in [-0.1, -0.05) is 11.6 Å². The van der Waals surface area contributed by atoms with Gasteiger partial charge in [-0.25, -0.2) is 19.7 Å². The zero-order valence-electron chi connectivity index (χ0n) is 10.8. The van der Waals surface area contributed by atoms with E-state index in [0.29, 0.717) is 26.1 Å². The molecule has 6 nitrogen and oxygen atoms in total. The number of phenols is 1. The van der Waals surface area contributed by atoms with Crippen molar-refractivity contribution in [2.24, 2.45) is 0 Å². The fourth-order valence-corrected chi connectivity index (χ4v) is 3.18. The summed E-state index contributed by atoms with van der Waals surface area (Å²) in [5.74, 6) is 0.0606. The van der Waals surface area contributed by atoms with Gasteiger partial charge in [0.2, 0.25) is 5.89 Å². The first-order valence-electron chi connectivity index (χ1n) is 6.17. The summed E-state index contributed by atoms with van der Waals surface area (Å²) in [5.41, 5.74) is 0.990. The van der Waals surface area contributed by atoms with E-state index < -0.39 is 5.63 Å². The smallest absolute Gasteiger partial charge is 0.357 e. The summed E-state index contributed by atoms with van der Waals surface area (Å²) in [6, 6.07) is 4.46. The first-order valence-corrected chi connectivity index (χ1v) is 7.36. The zero-order valence-corrected chi connectivity index (χ0v) is 12.4. The molecule has 0 spiro atoms. The molecule has 0 radical (unpaired) electrons. The van der Waals surface area contributed by atoms with Gasteiger partial charge in [-0.05, 0) is 18.2 Å². The van der Waals surface area contributed by atoms with Gasteiger partial charge in [0.25, 0.3) is 0 Å². The van der Waals surface area contributed by atoms with Crippen molar-refractivity contribution in [1.82, 2.24) is 15.0 Å². The fourth-order valence-electron chi connectivity index (χ4n) is 2.08. The first-order chi connectivity index (χ1) is 10.6. The first kappa shape index (κ1) is 13.2. The second kappa shape index (κ2) is 4.75. The second-order valence-corrected chi connectivity index (χ2v) is 5.87. The van der Waals surface area contributed by atoms with E-state index in [-0.39, 0.29) is 16.7 Å². The van der Waals surface area contributed by atoms with Crippen LogP contribution in [0, 0.1) is 0 Å². The molecule has 0 fully saturated rings. The molecule has 0 unspecified atom stereocenters. The third-order valence-electron chi connectivity index (χ3n) is 3.09. The van der Waals surface area contributed by atoms with Crippen LogP contribution in [0.4, 0.5) is 0 Å². The van der Waals surface area contributed by atoms with Crippen molar-refractivity contribution in [2.75, 3.05) is 0 Å². The minimum absolute atomic E-state index is 0.0549. The molecule has 0 aliphatic heterocycles. The van der Waals surface area contributed by atoms with E-state index in [4.69, 9.17) is 16.0 Å². The number of rotatable bonds is 1. The number of fused-ring (bicyclic) bond motifs is 3. The van der Waals surface area contributed by atoms with E-state index in [1.807, 2.05) is 0 Å². The highest BCUT2D eigenvalue weighted by molar-refractivity contribution is 7.25. The summed E-state index contributed by atoms with van der Waals surface area (Å²) >= 11 is 7.07. The van der Waals surface area contributed by atoms with E-state index >= 15 is 0 Å². The Balaban J connectivity index is 2.05. The molecule has 108 valence electrons. The monoisotopic (exact) mass is 331 g/mol. The fraction of sp³-hybridized carbons (Fsp3) is 0. The van der Waals surface area contributed by atoms with Gasteiger partial charge in [-0.15, -0.1) is 11.3 Å². The SMILES string of the molecule is O=c1oc(-c2ccc(O)c(Cl)c2)nc2c1sc1nccnc12. The van der Waals surface area contributed by atoms with Gasteiger partial charge in [-0.2, -0.15) is 0 Å². The van der Waals surface area contributed by atoms with Crippen LogP contribution in [-0.4, -0.2) is 20.1 Å². The maximum atomic E-state index is 12.2. The maximum Gasteiger partial charge on any atom is 0.357 e. The molecular weight excluding hydrogens is 326 g/mol. The van der Waals surface area contributed by atoms with Crippen LogP contribution in [-0.2, 0) is 0 Å². The summed E-state index contributed by atoms with van der Waals surface area (Å²) in [7, 11) is 0. The van der Waals surface area contributed by atoms with Crippen LogP contribution in [0.1, 0.15) is 0 Å². The van der Waals surface area contributed by atoms with Crippen molar-refractivity contribution in [3.8, 4) is 17.2 Å². The molecule has 8 heteroatoms. The third kappa shape index (κ3) is 1.94. The topological polar surface area (TPSA) is 89.1 Å². The zero-order chi connectivity index (χ0) is 15.3. The van der Waals surface area contributed by atoms with E-state index in [0.717, 1.165) is 0 Å². The number of thiophene rings is 1. The van der Waals surface area contributed by atoms with Gasteiger partial charge in [0.1, 0.15) is 26.3 Å². The van der Waals surface area contributed by atoms with Crippen LogP contribution in [0.3, 0.4) is 0 Å². The Bertz CT molecular complexity index is 1090. The number of phenolic OH excluding ortho intramolecular Hbond substituents is 1. The predicted octanol–water partition coefficient (Wildman–Crippen LogP) is 3.22. The van der Waals surface area contributed by atoms with E-state index in [1.54, 1.807) is 18.5 Å². The van der Waals surface area contributed by atoms with Crippen LogP contribution in [0.15, 0.2) is 39.8 Å². The quantitative estimate of drug-likeness (QED) is 0.576. The number of benzene rings is 1. The lowest BCUT2D eigenvalue weighted by molar-refractivity contribution is 0.475. The Morgan fingerprint density at radius 3 is 2.82 bits per heavy atom. The molecule has 0 bridgehead atoms. The summed E-state index contributed by atoms with van der Waals surface area (Å²) < 4.78 is 5.62. The van der Waals surface area contributed by atoms with Crippen molar-refractivity contribution < 1.29 is 9.52 Å². The molecule has 1 aromatic carbocycles. The highest BCUT2D eigenvalue weighted by atomic mass is 35.5. The van der Waals surface area contributed by atoms with Gasteiger partial charge in [0.05, 0.1) is 5.02 Å². The van der Waals surface area contributed by atoms with Crippen molar-refractivity contribution >= 4 is 43.5 Å². The molecule has 1 N–H and O–H groups in total. The number of nitrogens with zero attached hydrogens (tertiary/aromatic N) is 3. The van der Waals surface area contributed by atoms with Crippen molar-refractivity contribution in [1.29, 1.82) is 0 Å². The highest BCUT2D eigenvalue weighted by Gasteiger charge is 2.16. The van der Waals surface area contributed by atoms with Gasteiger partial charge in [0, 0.05) is 18.0 Å². The number of hydrogen-bond donors (Lipinski definition) is 1. The average Bonchev–Trinajstić information content (AvgIpc) is 2.89. The number of hydrogen-bond acceptors (Lipinski definition) is 7. The minimum atomic E-state index is -0.506. The molecule has 0 saturated carbocycles. The summed E-state index contributed by atoms with van der Waals surface area (Å²) in [4.78, 5) is 25.5. The normalized spacial score (nSPS) is 11.3. The molecule has 3 aromatic heterocycles. The van der Waals surface area contributed by atoms with E-state index in [2.05, 4.69) is 15.0 Å². The van der Waals surface area contributed by atoms with E-state index in [9.17, 15) is 9.90 Å². The lowest BCUT2D eigenvalue weighted by Gasteiger charge is -2.01. The summed E-state index contributed by atoms with van der Waals surface area (Å²) in [6.07, 6.45) is 3.10. The molecule has 22 heavy (non-hydrogen) atoms. The van der Waals surface area contributed by atoms with Crippen molar-refractivity contribution in [3.05, 3.63) is 46.0 Å². The maximum absolute atomic E-state index is 12.2. The molecular formula is C14H6ClN3O3S. The van der Waals surface area contributed by atoms with Gasteiger partial charge >= 0.3 is 5.63 Å². The molecule has 4 rings (SSSR count). The van der Waals surface area contributed by atoms with Crippen LogP contribution in [0.25, 0.3) is 32.0 Å². The molecule has 0 atom stereocenters. The minimum Gasteiger partial charge on any atom is -0.506 e. The van der Waals surface area contributed by atoms with Crippen LogP contribution < -0.4 is 5.63 Å². The molecule has 0 aliphatic rings. The Kier molecular flexibility index (Phi) is 2.85.